The third-order valence-electron chi connectivity index (χ3n) is 2.99. The molecule has 3 rings (SSSR count). The molecule has 2 aromatic heterocycles. The first-order chi connectivity index (χ1) is 7.74. The van der Waals surface area contributed by atoms with E-state index in [9.17, 15) is 0 Å². The lowest BCUT2D eigenvalue weighted by atomic mass is 10.2. The van der Waals surface area contributed by atoms with Gasteiger partial charge in [0.15, 0.2) is 0 Å². The van der Waals surface area contributed by atoms with Crippen LogP contribution >= 0.6 is 11.3 Å². The molecule has 3 nitrogen and oxygen atoms in total. The molecule has 2 aromatic rings. The van der Waals surface area contributed by atoms with Crippen molar-refractivity contribution in [3.8, 4) is 10.4 Å². The van der Waals surface area contributed by atoms with E-state index in [1.54, 1.807) is 11.3 Å². The minimum absolute atomic E-state index is 0.983. The molecule has 0 saturated heterocycles. The Kier molecular flexibility index (Phi) is 2.33. The van der Waals surface area contributed by atoms with Gasteiger partial charge in [0.05, 0.1) is 15.6 Å². The summed E-state index contributed by atoms with van der Waals surface area (Å²) in [7, 11) is 0. The second-order valence-electron chi connectivity index (χ2n) is 4.24. The minimum Gasteiger partial charge on any atom is -0.348 e. The van der Waals surface area contributed by atoms with Crippen molar-refractivity contribution in [2.45, 2.75) is 26.9 Å². The summed E-state index contributed by atoms with van der Waals surface area (Å²) in [4.78, 5) is 5.81. The van der Waals surface area contributed by atoms with Crippen molar-refractivity contribution >= 4 is 11.3 Å². The van der Waals surface area contributed by atoms with Gasteiger partial charge in [-0.05, 0) is 19.9 Å². The summed E-state index contributed by atoms with van der Waals surface area (Å²) in [6.45, 7) is 7.29. The summed E-state index contributed by atoms with van der Waals surface area (Å²) in [5.74, 6) is 0. The highest BCUT2D eigenvalue weighted by Crippen LogP contribution is 2.31. The lowest BCUT2D eigenvalue weighted by Crippen LogP contribution is -2.27. The number of nitrogens with one attached hydrogen (secondary N) is 1. The second kappa shape index (κ2) is 3.71. The molecule has 16 heavy (non-hydrogen) atoms. The van der Waals surface area contributed by atoms with Crippen molar-refractivity contribution in [1.29, 1.82) is 0 Å². The molecular weight excluding hydrogens is 218 g/mol. The van der Waals surface area contributed by atoms with Gasteiger partial charge < -0.3 is 9.88 Å². The van der Waals surface area contributed by atoms with Gasteiger partial charge in [0.2, 0.25) is 0 Å². The highest BCUT2D eigenvalue weighted by Gasteiger charge is 2.14. The van der Waals surface area contributed by atoms with Crippen molar-refractivity contribution < 1.29 is 0 Å². The van der Waals surface area contributed by atoms with Gasteiger partial charge in [0, 0.05) is 37.1 Å². The van der Waals surface area contributed by atoms with Gasteiger partial charge in [-0.25, -0.2) is 4.98 Å². The molecule has 0 amide bonds. The molecule has 0 fully saturated rings. The van der Waals surface area contributed by atoms with Crippen LogP contribution in [0.3, 0.4) is 0 Å². The standard InChI is InChI=1S/C12H15N3S/c1-8-12(16-9(2)14-8)10-5-11-6-13-3-4-15(11)7-10/h5,7,13H,3-4,6H2,1-2H3. The summed E-state index contributed by atoms with van der Waals surface area (Å²) >= 11 is 1.79. The first kappa shape index (κ1) is 10.1. The Morgan fingerprint density at radius 1 is 1.44 bits per heavy atom. The SMILES string of the molecule is Cc1nc(C)c(-c2cc3n(c2)CCNC3)s1. The van der Waals surface area contributed by atoms with Crippen LogP contribution in [0.15, 0.2) is 12.3 Å². The molecule has 0 saturated carbocycles. The third kappa shape index (κ3) is 1.58. The van der Waals surface area contributed by atoms with E-state index in [0.29, 0.717) is 0 Å². The first-order valence-electron chi connectivity index (χ1n) is 5.58. The summed E-state index contributed by atoms with van der Waals surface area (Å²) in [5.41, 5.74) is 3.85. The Morgan fingerprint density at radius 2 is 2.31 bits per heavy atom. The number of thiazole rings is 1. The second-order valence-corrected chi connectivity index (χ2v) is 5.44. The van der Waals surface area contributed by atoms with Crippen LogP contribution in [0.2, 0.25) is 0 Å². The quantitative estimate of drug-likeness (QED) is 0.819. The maximum absolute atomic E-state index is 4.49. The zero-order valence-electron chi connectivity index (χ0n) is 9.58. The number of aryl methyl sites for hydroxylation is 2. The van der Waals surface area contributed by atoms with Crippen molar-refractivity contribution in [2.24, 2.45) is 0 Å². The molecule has 4 heteroatoms. The van der Waals surface area contributed by atoms with E-state index < -0.39 is 0 Å². The molecule has 0 radical (unpaired) electrons. The number of rotatable bonds is 1. The molecule has 0 atom stereocenters. The van der Waals surface area contributed by atoms with E-state index in [0.717, 1.165) is 30.3 Å². The van der Waals surface area contributed by atoms with Crippen LogP contribution in [-0.2, 0) is 13.1 Å². The van der Waals surface area contributed by atoms with E-state index in [-0.39, 0.29) is 0 Å². The number of hydrogen-bond donors (Lipinski definition) is 1. The maximum Gasteiger partial charge on any atom is 0.0903 e. The van der Waals surface area contributed by atoms with E-state index >= 15 is 0 Å². The van der Waals surface area contributed by atoms with Gasteiger partial charge in [-0.3, -0.25) is 0 Å². The maximum atomic E-state index is 4.49. The Balaban J connectivity index is 2.06. The third-order valence-corrected chi connectivity index (χ3v) is 4.11. The van der Waals surface area contributed by atoms with Gasteiger partial charge in [-0.1, -0.05) is 0 Å². The number of hydrogen-bond acceptors (Lipinski definition) is 3. The zero-order valence-corrected chi connectivity index (χ0v) is 10.4. The molecule has 0 aliphatic carbocycles. The summed E-state index contributed by atoms with van der Waals surface area (Å²) in [6, 6.07) is 2.28. The van der Waals surface area contributed by atoms with Crippen LogP contribution in [0.1, 0.15) is 16.4 Å². The Bertz CT molecular complexity index is 501. The van der Waals surface area contributed by atoms with Crippen LogP contribution in [0.25, 0.3) is 10.4 Å². The fourth-order valence-corrected chi connectivity index (χ4v) is 3.15. The van der Waals surface area contributed by atoms with E-state index in [2.05, 4.69) is 41.0 Å². The predicted octanol–water partition coefficient (Wildman–Crippen LogP) is 2.33. The van der Waals surface area contributed by atoms with E-state index in [1.165, 1.54) is 16.1 Å². The van der Waals surface area contributed by atoms with Crippen LogP contribution in [0.4, 0.5) is 0 Å². The number of fused-ring (bicyclic) bond motifs is 1. The Morgan fingerprint density at radius 3 is 3.00 bits per heavy atom. The van der Waals surface area contributed by atoms with Gasteiger partial charge in [0.1, 0.15) is 0 Å². The van der Waals surface area contributed by atoms with Crippen LogP contribution in [0.5, 0.6) is 0 Å². The van der Waals surface area contributed by atoms with Crippen LogP contribution in [0, 0.1) is 13.8 Å². The fourth-order valence-electron chi connectivity index (χ4n) is 2.25. The monoisotopic (exact) mass is 233 g/mol. The lowest BCUT2D eigenvalue weighted by molar-refractivity contribution is 0.517. The Hall–Kier alpha value is -1.13. The molecule has 0 unspecified atom stereocenters. The van der Waals surface area contributed by atoms with Crippen molar-refractivity contribution in [3.63, 3.8) is 0 Å². The van der Waals surface area contributed by atoms with Crippen molar-refractivity contribution in [1.82, 2.24) is 14.9 Å². The van der Waals surface area contributed by atoms with Crippen LogP contribution in [-0.4, -0.2) is 16.1 Å². The summed E-state index contributed by atoms with van der Waals surface area (Å²) in [6.07, 6.45) is 2.26. The van der Waals surface area contributed by atoms with Gasteiger partial charge in [-0.15, -0.1) is 11.3 Å². The van der Waals surface area contributed by atoms with Gasteiger partial charge >= 0.3 is 0 Å². The molecular formula is C12H15N3S. The molecule has 1 N–H and O–H groups in total. The van der Waals surface area contributed by atoms with E-state index in [4.69, 9.17) is 0 Å². The molecule has 1 aliphatic rings. The Labute approximate surface area is 99.1 Å². The number of nitrogens with zero attached hydrogens (tertiary/aromatic N) is 2. The molecule has 84 valence electrons. The fraction of sp³-hybridized carbons (Fsp3) is 0.417. The lowest BCUT2D eigenvalue weighted by Gasteiger charge is -2.15. The molecule has 0 bridgehead atoms. The zero-order chi connectivity index (χ0) is 11.1. The smallest absolute Gasteiger partial charge is 0.0903 e. The minimum atomic E-state index is 0.983. The molecule has 3 heterocycles. The first-order valence-corrected chi connectivity index (χ1v) is 6.40. The van der Waals surface area contributed by atoms with Gasteiger partial charge in [-0.2, -0.15) is 0 Å². The van der Waals surface area contributed by atoms with Crippen molar-refractivity contribution in [2.75, 3.05) is 6.54 Å². The average molecular weight is 233 g/mol. The van der Waals surface area contributed by atoms with Crippen molar-refractivity contribution in [3.05, 3.63) is 28.7 Å². The normalized spacial score (nSPS) is 15.1. The van der Waals surface area contributed by atoms with Gasteiger partial charge in [0.25, 0.3) is 0 Å². The highest BCUT2D eigenvalue weighted by atomic mass is 32.1. The molecule has 1 aliphatic heterocycles. The topological polar surface area (TPSA) is 29.9 Å². The molecule has 0 spiro atoms. The molecule has 0 aromatic carbocycles. The largest absolute Gasteiger partial charge is 0.348 e. The number of aromatic nitrogens is 2. The summed E-state index contributed by atoms with van der Waals surface area (Å²) in [5, 5.41) is 4.54. The predicted molar refractivity (Wildman–Crippen MR) is 66.7 cm³/mol. The highest BCUT2D eigenvalue weighted by molar-refractivity contribution is 7.15. The average Bonchev–Trinajstić information content (AvgIpc) is 2.81. The van der Waals surface area contributed by atoms with Crippen LogP contribution < -0.4 is 5.32 Å². The summed E-state index contributed by atoms with van der Waals surface area (Å²) < 4.78 is 2.35. The van der Waals surface area contributed by atoms with E-state index in [1.807, 2.05) is 0 Å².